The first-order valence-electron chi connectivity index (χ1n) is 6.62. The van der Waals surface area contributed by atoms with E-state index in [1.165, 1.54) is 15.3 Å². The maximum atomic E-state index is 11.7. The van der Waals surface area contributed by atoms with E-state index in [1.54, 1.807) is 11.3 Å². The van der Waals surface area contributed by atoms with Crippen molar-refractivity contribution in [2.45, 2.75) is 53.1 Å². The van der Waals surface area contributed by atoms with Crippen molar-refractivity contribution in [2.24, 2.45) is 0 Å². The van der Waals surface area contributed by atoms with Crippen molar-refractivity contribution in [2.75, 3.05) is 6.54 Å². The van der Waals surface area contributed by atoms with Gasteiger partial charge in [0.15, 0.2) is 0 Å². The molecule has 1 aromatic rings. The summed E-state index contributed by atoms with van der Waals surface area (Å²) in [6.45, 7) is 9.61. The van der Waals surface area contributed by atoms with Crippen LogP contribution in [0, 0.1) is 13.8 Å². The summed E-state index contributed by atoms with van der Waals surface area (Å²) in [5.41, 5.74) is 1.33. The fourth-order valence-corrected chi connectivity index (χ4v) is 2.83. The number of hydrogen-bond donors (Lipinski definition) is 2. The van der Waals surface area contributed by atoms with Crippen molar-refractivity contribution in [3.05, 3.63) is 21.4 Å². The monoisotopic (exact) mass is 268 g/mol. The van der Waals surface area contributed by atoms with Crippen LogP contribution in [0.2, 0.25) is 0 Å². The van der Waals surface area contributed by atoms with Crippen molar-refractivity contribution in [3.8, 4) is 0 Å². The Balaban J connectivity index is 2.27. The lowest BCUT2D eigenvalue weighted by Gasteiger charge is -2.14. The number of aryl methyl sites for hydroxylation is 2. The summed E-state index contributed by atoms with van der Waals surface area (Å²) in [6, 6.07) is 2.50. The van der Waals surface area contributed by atoms with Crippen LogP contribution in [0.5, 0.6) is 0 Å². The van der Waals surface area contributed by atoms with Gasteiger partial charge in [0.25, 0.3) is 0 Å². The van der Waals surface area contributed by atoms with Gasteiger partial charge in [0.05, 0.1) is 6.54 Å². The topological polar surface area (TPSA) is 41.1 Å². The fourth-order valence-electron chi connectivity index (χ4n) is 1.81. The molecule has 4 heteroatoms. The number of amides is 1. The van der Waals surface area contributed by atoms with E-state index in [-0.39, 0.29) is 5.91 Å². The Morgan fingerprint density at radius 1 is 1.33 bits per heavy atom. The molecule has 3 nitrogen and oxygen atoms in total. The van der Waals surface area contributed by atoms with Crippen LogP contribution >= 0.6 is 11.3 Å². The molecule has 0 aromatic carbocycles. The Morgan fingerprint density at radius 2 is 2.00 bits per heavy atom. The zero-order valence-electron chi connectivity index (χ0n) is 11.8. The summed E-state index contributed by atoms with van der Waals surface area (Å²) < 4.78 is 0. The van der Waals surface area contributed by atoms with Crippen LogP contribution in [0.15, 0.2) is 6.07 Å². The number of nitrogens with one attached hydrogen (secondary N) is 2. The Morgan fingerprint density at radius 3 is 2.50 bits per heavy atom. The molecule has 0 spiro atoms. The van der Waals surface area contributed by atoms with Crippen molar-refractivity contribution < 1.29 is 4.79 Å². The summed E-state index contributed by atoms with van der Waals surface area (Å²) >= 11 is 1.79. The van der Waals surface area contributed by atoms with Gasteiger partial charge in [-0.25, -0.2) is 0 Å². The van der Waals surface area contributed by atoms with Gasteiger partial charge in [-0.3, -0.25) is 4.79 Å². The molecular formula is C14H24N2OS. The summed E-state index contributed by atoms with van der Waals surface area (Å²) in [6.07, 6.45) is 1.98. The number of rotatable bonds is 7. The Kier molecular flexibility index (Phi) is 6.36. The average Bonchev–Trinajstić information content (AvgIpc) is 2.65. The van der Waals surface area contributed by atoms with Crippen LogP contribution in [0.1, 0.15) is 42.0 Å². The van der Waals surface area contributed by atoms with Gasteiger partial charge in [0.2, 0.25) is 5.91 Å². The Labute approximate surface area is 114 Å². The first-order valence-corrected chi connectivity index (χ1v) is 7.44. The molecule has 0 saturated carbocycles. The predicted octanol–water partition coefficient (Wildman–Crippen LogP) is 2.76. The summed E-state index contributed by atoms with van der Waals surface area (Å²) in [5, 5.41) is 6.22. The minimum atomic E-state index is 0.0914. The smallest absolute Gasteiger partial charge is 0.234 e. The zero-order valence-corrected chi connectivity index (χ0v) is 12.6. The third kappa shape index (κ3) is 4.78. The van der Waals surface area contributed by atoms with Crippen molar-refractivity contribution in [1.29, 1.82) is 0 Å². The molecule has 1 heterocycles. The van der Waals surface area contributed by atoms with Gasteiger partial charge in [-0.2, -0.15) is 0 Å². The van der Waals surface area contributed by atoms with Crippen LogP contribution in [-0.4, -0.2) is 18.5 Å². The van der Waals surface area contributed by atoms with Gasteiger partial charge >= 0.3 is 0 Å². The second-order valence-corrected chi connectivity index (χ2v) is 5.98. The van der Waals surface area contributed by atoms with Crippen LogP contribution in [0.4, 0.5) is 0 Å². The highest BCUT2D eigenvalue weighted by Gasteiger charge is 2.08. The van der Waals surface area contributed by atoms with E-state index in [0.29, 0.717) is 12.6 Å². The molecule has 0 aliphatic carbocycles. The maximum Gasteiger partial charge on any atom is 0.234 e. The van der Waals surface area contributed by atoms with E-state index < -0.39 is 0 Å². The van der Waals surface area contributed by atoms with Gasteiger partial charge in [-0.1, -0.05) is 13.8 Å². The third-order valence-electron chi connectivity index (χ3n) is 3.15. The molecule has 0 aliphatic rings. The lowest BCUT2D eigenvalue weighted by molar-refractivity contribution is -0.121. The summed E-state index contributed by atoms with van der Waals surface area (Å²) in [5.74, 6) is 0.0914. The van der Waals surface area contributed by atoms with E-state index in [9.17, 15) is 4.79 Å². The summed E-state index contributed by atoms with van der Waals surface area (Å²) in [4.78, 5) is 14.3. The molecule has 102 valence electrons. The molecule has 1 rings (SSSR count). The van der Waals surface area contributed by atoms with E-state index in [1.807, 2.05) is 0 Å². The SMILES string of the molecule is CCC(CC)NC(=O)CNCc1cc(C)c(C)s1. The van der Waals surface area contributed by atoms with Crippen molar-refractivity contribution in [1.82, 2.24) is 10.6 Å². The number of hydrogen-bond acceptors (Lipinski definition) is 3. The van der Waals surface area contributed by atoms with Crippen LogP contribution in [-0.2, 0) is 11.3 Å². The van der Waals surface area contributed by atoms with E-state index in [2.05, 4.69) is 44.4 Å². The van der Waals surface area contributed by atoms with Gasteiger partial charge in [0.1, 0.15) is 0 Å². The lowest BCUT2D eigenvalue weighted by atomic mass is 10.2. The minimum Gasteiger partial charge on any atom is -0.352 e. The number of carbonyl (C=O) groups excluding carboxylic acids is 1. The largest absolute Gasteiger partial charge is 0.352 e. The van der Waals surface area contributed by atoms with E-state index >= 15 is 0 Å². The molecule has 0 radical (unpaired) electrons. The van der Waals surface area contributed by atoms with E-state index in [0.717, 1.165) is 19.4 Å². The molecule has 0 atom stereocenters. The van der Waals surface area contributed by atoms with Crippen molar-refractivity contribution >= 4 is 17.2 Å². The highest BCUT2D eigenvalue weighted by Crippen LogP contribution is 2.19. The first-order chi connectivity index (χ1) is 8.56. The average molecular weight is 268 g/mol. The first kappa shape index (κ1) is 15.2. The quantitative estimate of drug-likeness (QED) is 0.798. The molecule has 18 heavy (non-hydrogen) atoms. The van der Waals surface area contributed by atoms with Gasteiger partial charge < -0.3 is 10.6 Å². The predicted molar refractivity (Wildman–Crippen MR) is 78.0 cm³/mol. The Bertz CT molecular complexity index is 364. The van der Waals surface area contributed by atoms with Gasteiger partial charge in [0, 0.05) is 22.3 Å². The molecule has 0 unspecified atom stereocenters. The van der Waals surface area contributed by atoms with E-state index in [4.69, 9.17) is 0 Å². The molecule has 0 aliphatic heterocycles. The van der Waals surface area contributed by atoms with Crippen LogP contribution in [0.25, 0.3) is 0 Å². The fraction of sp³-hybridized carbons (Fsp3) is 0.643. The van der Waals surface area contributed by atoms with Crippen LogP contribution < -0.4 is 10.6 Å². The molecule has 0 bridgehead atoms. The lowest BCUT2D eigenvalue weighted by Crippen LogP contribution is -2.39. The maximum absolute atomic E-state index is 11.7. The standard InChI is InChI=1S/C14H24N2OS/c1-5-12(6-2)16-14(17)9-15-8-13-7-10(3)11(4)18-13/h7,12,15H,5-6,8-9H2,1-4H3,(H,16,17). The zero-order chi connectivity index (χ0) is 13.5. The van der Waals surface area contributed by atoms with Crippen LogP contribution in [0.3, 0.4) is 0 Å². The second-order valence-electron chi connectivity index (χ2n) is 4.64. The third-order valence-corrected chi connectivity index (χ3v) is 4.31. The highest BCUT2D eigenvalue weighted by molar-refractivity contribution is 7.12. The highest BCUT2D eigenvalue weighted by atomic mass is 32.1. The minimum absolute atomic E-state index is 0.0914. The number of thiophene rings is 1. The second kappa shape index (κ2) is 7.54. The molecule has 1 amide bonds. The summed E-state index contributed by atoms with van der Waals surface area (Å²) in [7, 11) is 0. The molecule has 0 saturated heterocycles. The molecule has 2 N–H and O–H groups in total. The Hall–Kier alpha value is -0.870. The number of carbonyl (C=O) groups is 1. The molecule has 1 aromatic heterocycles. The molecular weight excluding hydrogens is 244 g/mol. The van der Waals surface area contributed by atoms with Crippen molar-refractivity contribution in [3.63, 3.8) is 0 Å². The van der Waals surface area contributed by atoms with Gasteiger partial charge in [-0.05, 0) is 38.3 Å². The van der Waals surface area contributed by atoms with Gasteiger partial charge in [-0.15, -0.1) is 11.3 Å². The molecule has 0 fully saturated rings. The normalized spacial score (nSPS) is 10.9.